The van der Waals surface area contributed by atoms with Gasteiger partial charge in [0.05, 0.1) is 17.1 Å². The van der Waals surface area contributed by atoms with E-state index >= 15 is 0 Å². The van der Waals surface area contributed by atoms with E-state index in [9.17, 15) is 4.79 Å². The summed E-state index contributed by atoms with van der Waals surface area (Å²) < 4.78 is 1.98. The highest BCUT2D eigenvalue weighted by atomic mass is 16.1. The first-order chi connectivity index (χ1) is 16.7. The molecule has 0 bridgehead atoms. The highest BCUT2D eigenvalue weighted by molar-refractivity contribution is 5.75. The zero-order valence-electron chi connectivity index (χ0n) is 19.9. The van der Waals surface area contributed by atoms with Crippen LogP contribution in [-0.4, -0.2) is 45.0 Å². The molecule has 5 heteroatoms. The SMILES string of the molecule is CC(CN1CCC[C@H](n2c(=O)[nH]c3ccccc32)C1)N(Cc1ccccc1)Cc1ccccc1. The van der Waals surface area contributed by atoms with Crippen LogP contribution in [0.1, 0.15) is 36.9 Å². The molecule has 0 saturated carbocycles. The van der Waals surface area contributed by atoms with Gasteiger partial charge in [-0.15, -0.1) is 0 Å². The second-order valence-corrected chi connectivity index (χ2v) is 9.60. The maximum Gasteiger partial charge on any atom is 0.326 e. The molecule has 1 unspecified atom stereocenters. The number of hydrogen-bond donors (Lipinski definition) is 1. The number of aromatic nitrogens is 2. The van der Waals surface area contributed by atoms with Crippen LogP contribution in [0.3, 0.4) is 0 Å². The monoisotopic (exact) mass is 454 g/mol. The number of hydrogen-bond acceptors (Lipinski definition) is 3. The van der Waals surface area contributed by atoms with Crippen LogP contribution in [-0.2, 0) is 13.1 Å². The van der Waals surface area contributed by atoms with E-state index in [1.807, 2.05) is 22.8 Å². The Morgan fingerprint density at radius 3 is 2.21 bits per heavy atom. The Morgan fingerprint density at radius 1 is 0.912 bits per heavy atom. The van der Waals surface area contributed by atoms with E-state index in [2.05, 4.69) is 88.4 Å². The minimum atomic E-state index is 0.0101. The minimum Gasteiger partial charge on any atom is -0.306 e. The second-order valence-electron chi connectivity index (χ2n) is 9.60. The Hall–Kier alpha value is -3.15. The van der Waals surface area contributed by atoms with Crippen molar-refractivity contribution >= 4 is 11.0 Å². The summed E-state index contributed by atoms with van der Waals surface area (Å²) >= 11 is 0. The lowest BCUT2D eigenvalue weighted by Gasteiger charge is -2.38. The highest BCUT2D eigenvalue weighted by Crippen LogP contribution is 2.25. The fraction of sp³-hybridized carbons (Fsp3) is 0.345. The van der Waals surface area contributed by atoms with Gasteiger partial charge in [-0.3, -0.25) is 14.4 Å². The van der Waals surface area contributed by atoms with E-state index in [1.165, 1.54) is 11.1 Å². The lowest BCUT2D eigenvalue weighted by molar-refractivity contribution is 0.106. The Bertz CT molecular complexity index is 1210. The van der Waals surface area contributed by atoms with Crippen molar-refractivity contribution in [3.63, 3.8) is 0 Å². The van der Waals surface area contributed by atoms with E-state index in [1.54, 1.807) is 0 Å². The number of rotatable bonds is 8. The fourth-order valence-electron chi connectivity index (χ4n) is 5.34. The molecule has 0 aliphatic carbocycles. The molecule has 1 saturated heterocycles. The van der Waals surface area contributed by atoms with Crippen LogP contribution in [0.25, 0.3) is 11.0 Å². The normalized spacial score (nSPS) is 17.9. The molecule has 0 radical (unpaired) electrons. The maximum atomic E-state index is 12.8. The van der Waals surface area contributed by atoms with Gasteiger partial charge in [-0.05, 0) is 49.6 Å². The molecule has 176 valence electrons. The highest BCUT2D eigenvalue weighted by Gasteiger charge is 2.26. The average molecular weight is 455 g/mol. The first kappa shape index (κ1) is 22.6. The van der Waals surface area contributed by atoms with Crippen LogP contribution in [0, 0.1) is 0 Å². The van der Waals surface area contributed by atoms with Gasteiger partial charge in [0.15, 0.2) is 0 Å². The predicted octanol–water partition coefficient (Wildman–Crippen LogP) is 5.06. The summed E-state index contributed by atoms with van der Waals surface area (Å²) in [7, 11) is 0. The first-order valence-corrected chi connectivity index (χ1v) is 12.4. The summed E-state index contributed by atoms with van der Waals surface area (Å²) in [4.78, 5) is 20.9. The van der Waals surface area contributed by atoms with Gasteiger partial charge in [0.2, 0.25) is 0 Å². The summed E-state index contributed by atoms with van der Waals surface area (Å²) in [6, 6.07) is 30.1. The molecule has 34 heavy (non-hydrogen) atoms. The topological polar surface area (TPSA) is 44.3 Å². The van der Waals surface area contributed by atoms with E-state index in [4.69, 9.17) is 0 Å². The van der Waals surface area contributed by atoms with E-state index in [-0.39, 0.29) is 11.7 Å². The van der Waals surface area contributed by atoms with Crippen molar-refractivity contribution in [3.8, 4) is 0 Å². The molecule has 5 rings (SSSR count). The van der Waals surface area contributed by atoms with Gasteiger partial charge in [-0.2, -0.15) is 0 Å². The number of H-pyrrole nitrogens is 1. The quantitative estimate of drug-likeness (QED) is 0.405. The lowest BCUT2D eigenvalue weighted by atomic mass is 10.0. The number of aromatic amines is 1. The molecule has 4 aromatic rings. The Labute approximate surface area is 201 Å². The van der Waals surface area contributed by atoms with Crippen molar-refractivity contribution in [2.45, 2.75) is 44.9 Å². The van der Waals surface area contributed by atoms with Crippen molar-refractivity contribution < 1.29 is 0 Å². The van der Waals surface area contributed by atoms with Crippen molar-refractivity contribution in [1.29, 1.82) is 0 Å². The molecule has 0 spiro atoms. The lowest BCUT2D eigenvalue weighted by Crippen LogP contribution is -2.46. The molecule has 3 aromatic carbocycles. The first-order valence-electron chi connectivity index (χ1n) is 12.4. The number of likely N-dealkylation sites (tertiary alicyclic amines) is 1. The third kappa shape index (κ3) is 5.16. The maximum absolute atomic E-state index is 12.8. The second kappa shape index (κ2) is 10.4. The number of piperidine rings is 1. The zero-order chi connectivity index (χ0) is 23.3. The number of imidazole rings is 1. The van der Waals surface area contributed by atoms with Crippen molar-refractivity contribution in [1.82, 2.24) is 19.4 Å². The van der Waals surface area contributed by atoms with Crippen LogP contribution in [0.5, 0.6) is 0 Å². The van der Waals surface area contributed by atoms with Gasteiger partial charge in [0.25, 0.3) is 0 Å². The van der Waals surface area contributed by atoms with E-state index in [0.29, 0.717) is 6.04 Å². The summed E-state index contributed by atoms with van der Waals surface area (Å²) in [6.45, 7) is 7.19. The third-order valence-electron chi connectivity index (χ3n) is 7.07. The molecule has 1 aliphatic heterocycles. The molecular weight excluding hydrogens is 420 g/mol. The fourth-order valence-corrected chi connectivity index (χ4v) is 5.34. The minimum absolute atomic E-state index is 0.0101. The van der Waals surface area contributed by atoms with Gasteiger partial charge in [0.1, 0.15) is 0 Å². The van der Waals surface area contributed by atoms with Crippen molar-refractivity contribution in [3.05, 3.63) is 107 Å². The summed E-state index contributed by atoms with van der Waals surface area (Å²) in [6.07, 6.45) is 2.16. The van der Waals surface area contributed by atoms with Crippen LogP contribution < -0.4 is 5.69 Å². The van der Waals surface area contributed by atoms with Crippen LogP contribution in [0.2, 0.25) is 0 Å². The number of fused-ring (bicyclic) bond motifs is 1. The molecule has 2 atom stereocenters. The Balaban J connectivity index is 1.31. The smallest absolute Gasteiger partial charge is 0.306 e. The molecule has 1 aromatic heterocycles. The van der Waals surface area contributed by atoms with Crippen LogP contribution in [0.4, 0.5) is 0 Å². The van der Waals surface area contributed by atoms with Gasteiger partial charge in [-0.25, -0.2) is 4.79 Å². The molecule has 2 heterocycles. The molecule has 1 fully saturated rings. The molecule has 1 aliphatic rings. The van der Waals surface area contributed by atoms with Gasteiger partial charge in [0, 0.05) is 32.2 Å². The zero-order valence-corrected chi connectivity index (χ0v) is 19.9. The molecule has 1 N–H and O–H groups in total. The van der Waals surface area contributed by atoms with Gasteiger partial charge < -0.3 is 4.98 Å². The summed E-state index contributed by atoms with van der Waals surface area (Å²) in [5.74, 6) is 0. The predicted molar refractivity (Wildman–Crippen MR) is 139 cm³/mol. The number of nitrogens with one attached hydrogen (secondary N) is 1. The standard InChI is InChI=1S/C29H34N4O/c1-23(32(20-24-11-4-2-5-12-24)21-25-13-6-3-7-14-25)19-31-18-10-15-26(22-31)33-28-17-9-8-16-27(28)30-29(33)34/h2-9,11-14,16-17,23,26H,10,15,18-22H2,1H3,(H,30,34)/t23?,26-/m0/s1. The van der Waals surface area contributed by atoms with Crippen LogP contribution >= 0.6 is 0 Å². The third-order valence-corrected chi connectivity index (χ3v) is 7.07. The van der Waals surface area contributed by atoms with Gasteiger partial charge in [-0.1, -0.05) is 72.8 Å². The number of para-hydroxylation sites is 2. The largest absolute Gasteiger partial charge is 0.326 e. The van der Waals surface area contributed by atoms with E-state index in [0.717, 1.165) is 56.6 Å². The van der Waals surface area contributed by atoms with Crippen molar-refractivity contribution in [2.24, 2.45) is 0 Å². The van der Waals surface area contributed by atoms with E-state index < -0.39 is 0 Å². The Kier molecular flexibility index (Phi) is 6.93. The van der Waals surface area contributed by atoms with Gasteiger partial charge >= 0.3 is 5.69 Å². The summed E-state index contributed by atoms with van der Waals surface area (Å²) in [5, 5.41) is 0. The summed E-state index contributed by atoms with van der Waals surface area (Å²) in [5.41, 5.74) is 4.63. The number of nitrogens with zero attached hydrogens (tertiary/aromatic N) is 3. The average Bonchev–Trinajstić information content (AvgIpc) is 3.21. The van der Waals surface area contributed by atoms with Crippen molar-refractivity contribution in [2.75, 3.05) is 19.6 Å². The molecular formula is C29H34N4O. The molecule has 0 amide bonds. The van der Waals surface area contributed by atoms with Crippen LogP contribution in [0.15, 0.2) is 89.7 Å². The number of benzene rings is 3. The molecule has 5 nitrogen and oxygen atoms in total. The Morgan fingerprint density at radius 2 is 1.53 bits per heavy atom.